The van der Waals surface area contributed by atoms with Gasteiger partial charge in [-0.25, -0.2) is 33.4 Å². The number of amides is 4. The summed E-state index contributed by atoms with van der Waals surface area (Å²) in [7, 11) is 1.59. The van der Waals surface area contributed by atoms with Crippen LogP contribution in [-0.2, 0) is 36.8 Å². The highest BCUT2D eigenvalue weighted by atomic mass is 19.4. The lowest BCUT2D eigenvalue weighted by molar-refractivity contribution is -0.221. The van der Waals surface area contributed by atoms with E-state index >= 15 is 8.78 Å². The zero-order valence-electron chi connectivity index (χ0n) is 45.7. The first kappa shape index (κ1) is 64.0. The van der Waals surface area contributed by atoms with Gasteiger partial charge in [-0.3, -0.25) is 19.9 Å². The Kier molecular flexibility index (Phi) is 20.6. The molecule has 28 heteroatoms. The number of rotatable bonds is 20. The number of aromatic nitrogens is 1. The fourth-order valence-corrected chi connectivity index (χ4v) is 9.75. The van der Waals surface area contributed by atoms with Gasteiger partial charge in [0, 0.05) is 79.1 Å². The van der Waals surface area contributed by atoms with Crippen molar-refractivity contribution in [3.8, 4) is 11.8 Å². The van der Waals surface area contributed by atoms with Gasteiger partial charge in [-0.2, -0.15) is 35.1 Å². The number of benzene rings is 2. The van der Waals surface area contributed by atoms with Crippen LogP contribution in [0.5, 0.6) is 0 Å². The van der Waals surface area contributed by atoms with Crippen LogP contribution in [0.2, 0.25) is 0 Å². The summed E-state index contributed by atoms with van der Waals surface area (Å²) >= 11 is 0. The van der Waals surface area contributed by atoms with Gasteiger partial charge in [-0.15, -0.1) is 0 Å². The van der Waals surface area contributed by atoms with Crippen LogP contribution in [0.15, 0.2) is 59.9 Å². The number of aliphatic imine (C=N–C) groups is 1. The number of nitrogens with zero attached hydrogens (tertiary/aromatic N) is 5. The number of hydrogen-bond acceptors (Lipinski definition) is 14. The molecule has 18 nitrogen and oxygen atoms in total. The number of alkyl carbamates (subject to hydrolysis) is 2. The molecule has 448 valence electrons. The molecule has 4 amide bonds. The van der Waals surface area contributed by atoms with Crippen molar-refractivity contribution in [2.45, 2.75) is 122 Å². The molecule has 3 aliphatic heterocycles. The number of nitrogens with two attached hydrogens (primary N) is 1. The maximum atomic E-state index is 16.0. The van der Waals surface area contributed by atoms with E-state index in [4.69, 9.17) is 15.5 Å². The summed E-state index contributed by atoms with van der Waals surface area (Å²) < 4.78 is 160. The normalized spacial score (nSPS) is 18.7. The standard InChI is InChI=1S/C54H64F10N10O8/c1-29-16-32(21-66-45(29)72-23-35-14-15-36(24-72)74(35)37-27-82-28-37)13-10-30-8-11-31(12-9-30)17-41(68-46(76)43(69-49(78)80-6)51(2,3)53(59,60)61)42(75)26-73(71-47(77)44(70-50(79)81-7)52(4,5)54(62,63)64)25-38-39(55)18-33(19-40(38)56)34(20-65)22-67-48(57)58/h8-9,11-12,16,18-22,35-37,41-44,48,75H,14-15,17,23-28,65H2,1-7H3,(H,68,76)(H,69,78)(H,70,79)(H,71,77)/t35?,36?,41-,42-,43+,44+/m0/s1. The molecule has 3 saturated heterocycles. The summed E-state index contributed by atoms with van der Waals surface area (Å²) in [5.41, 5.74) is 1.76. The summed E-state index contributed by atoms with van der Waals surface area (Å²) in [5.74, 6) is 0.775. The van der Waals surface area contributed by atoms with Crippen LogP contribution in [0.25, 0.3) is 5.57 Å². The number of aryl methyl sites for hydroxylation is 1. The first-order chi connectivity index (χ1) is 38.4. The van der Waals surface area contributed by atoms with E-state index in [0.717, 1.165) is 64.7 Å². The summed E-state index contributed by atoms with van der Waals surface area (Å²) in [4.78, 5) is 65.4. The molecule has 2 unspecified atom stereocenters. The highest BCUT2D eigenvalue weighted by Crippen LogP contribution is 2.42. The topological polar surface area (TPSA) is 225 Å². The van der Waals surface area contributed by atoms with Gasteiger partial charge < -0.3 is 45.9 Å². The molecular formula is C54H64F10N10O8. The monoisotopic (exact) mass is 1170 g/mol. The summed E-state index contributed by atoms with van der Waals surface area (Å²) in [6, 6.07) is 3.61. The van der Waals surface area contributed by atoms with Crippen molar-refractivity contribution in [3.05, 3.63) is 99.9 Å². The molecule has 6 atom stereocenters. The number of hydrazine groups is 1. The molecule has 3 aliphatic rings. The third kappa shape index (κ3) is 15.3. The molecule has 2 aromatic carbocycles. The zero-order valence-corrected chi connectivity index (χ0v) is 45.7. The Bertz CT molecular complexity index is 2870. The van der Waals surface area contributed by atoms with Gasteiger partial charge in [0.2, 0.25) is 5.91 Å². The number of hydrogen-bond donors (Lipinski definition) is 6. The van der Waals surface area contributed by atoms with E-state index in [2.05, 4.69) is 41.4 Å². The van der Waals surface area contributed by atoms with Crippen molar-refractivity contribution in [1.29, 1.82) is 0 Å². The third-order valence-electron chi connectivity index (χ3n) is 14.8. The van der Waals surface area contributed by atoms with Crippen LogP contribution >= 0.6 is 0 Å². The van der Waals surface area contributed by atoms with Crippen molar-refractivity contribution < 1.29 is 82.4 Å². The number of aliphatic hydroxyl groups excluding tert-OH is 1. The first-order valence-electron chi connectivity index (χ1n) is 25.6. The molecule has 0 radical (unpaired) electrons. The Morgan fingerprint density at radius 2 is 1.38 bits per heavy atom. The molecule has 0 saturated carbocycles. The number of alkyl halides is 8. The van der Waals surface area contributed by atoms with Crippen molar-refractivity contribution in [1.82, 2.24) is 36.3 Å². The number of nitrogens with one attached hydrogen (secondary N) is 4. The molecule has 82 heavy (non-hydrogen) atoms. The van der Waals surface area contributed by atoms with Crippen LogP contribution in [0.1, 0.15) is 73.9 Å². The van der Waals surface area contributed by atoms with Crippen LogP contribution < -0.4 is 32.0 Å². The lowest BCUT2D eigenvalue weighted by atomic mass is 9.82. The predicted octanol–water partition coefficient (Wildman–Crippen LogP) is 6.26. The second-order valence-corrected chi connectivity index (χ2v) is 21.2. The van der Waals surface area contributed by atoms with E-state index in [1.54, 1.807) is 23.6 Å². The van der Waals surface area contributed by atoms with Crippen molar-refractivity contribution in [3.63, 3.8) is 0 Å². The lowest BCUT2D eigenvalue weighted by Gasteiger charge is -2.48. The minimum atomic E-state index is -5.24. The number of ether oxygens (including phenoxy) is 3. The highest BCUT2D eigenvalue weighted by Gasteiger charge is 2.57. The molecule has 6 rings (SSSR count). The van der Waals surface area contributed by atoms with Gasteiger partial charge in [0.05, 0.1) is 56.5 Å². The Morgan fingerprint density at radius 3 is 1.85 bits per heavy atom. The fraction of sp³-hybridized carbons (Fsp3) is 0.519. The number of fused-ring (bicyclic) bond motifs is 2. The third-order valence-corrected chi connectivity index (χ3v) is 14.8. The molecular weight excluding hydrogens is 1110 g/mol. The van der Waals surface area contributed by atoms with Crippen LogP contribution in [0.3, 0.4) is 0 Å². The number of allylic oxidation sites excluding steroid dienone is 1. The fourth-order valence-electron chi connectivity index (χ4n) is 9.75. The molecule has 3 aromatic rings. The van der Waals surface area contributed by atoms with Crippen molar-refractivity contribution in [2.24, 2.45) is 21.6 Å². The second kappa shape index (κ2) is 26.4. The zero-order chi connectivity index (χ0) is 60.6. The molecule has 2 bridgehead atoms. The average molecular weight is 1170 g/mol. The molecule has 0 spiro atoms. The molecule has 0 aliphatic carbocycles. The SMILES string of the molecule is COC(=O)N[C@H](C(=O)N[C@@H](Cc1ccc(C#Cc2cnc(N3CC4CCC(C3)N4C3COC3)c(C)c2)cc1)[C@@H](O)CN(Cc1c(F)cc(C(C=NC(F)F)=CN)cc1F)NC(=O)[C@@H](NC(=O)OC)C(C)(C)C(F)(F)F)C(C)(C)C(F)(F)F. The molecule has 4 heterocycles. The van der Waals surface area contributed by atoms with Crippen LogP contribution in [0, 0.1) is 41.2 Å². The average Bonchev–Trinajstić information content (AvgIpc) is 3.61. The number of pyridine rings is 1. The van der Waals surface area contributed by atoms with E-state index in [1.807, 2.05) is 23.7 Å². The Hall–Kier alpha value is -7.22. The van der Waals surface area contributed by atoms with E-state index in [1.165, 1.54) is 12.1 Å². The minimum absolute atomic E-state index is 0.264. The van der Waals surface area contributed by atoms with Gasteiger partial charge in [0.1, 0.15) is 29.5 Å². The van der Waals surface area contributed by atoms with Gasteiger partial charge in [-0.1, -0.05) is 24.0 Å². The van der Waals surface area contributed by atoms with E-state index in [-0.39, 0.29) is 5.56 Å². The van der Waals surface area contributed by atoms with Crippen LogP contribution in [0.4, 0.5) is 59.3 Å². The molecule has 3 fully saturated rings. The summed E-state index contributed by atoms with van der Waals surface area (Å²) in [5, 5.41) is 18.5. The van der Waals surface area contributed by atoms with E-state index in [0.29, 0.717) is 86.5 Å². The van der Waals surface area contributed by atoms with Gasteiger partial charge in [-0.05, 0) is 101 Å². The minimum Gasteiger partial charge on any atom is -0.453 e. The summed E-state index contributed by atoms with van der Waals surface area (Å²) in [6.45, 7) is 1.78. The number of methoxy groups -OCH3 is 2. The summed E-state index contributed by atoms with van der Waals surface area (Å²) in [6.07, 6.45) is -11.0. The quantitative estimate of drug-likeness (QED) is 0.0242. The van der Waals surface area contributed by atoms with Crippen molar-refractivity contribution in [2.75, 3.05) is 52.0 Å². The maximum absolute atomic E-state index is 16.0. The smallest absolute Gasteiger partial charge is 0.407 e. The van der Waals surface area contributed by atoms with Gasteiger partial charge in [0.15, 0.2) is 0 Å². The van der Waals surface area contributed by atoms with E-state index < -0.39 is 126 Å². The van der Waals surface area contributed by atoms with Crippen LogP contribution in [-0.4, -0.2) is 159 Å². The highest BCUT2D eigenvalue weighted by molar-refractivity contribution is 6.09. The number of piperazine rings is 1. The molecule has 7 N–H and O–H groups in total. The lowest BCUT2D eigenvalue weighted by Crippen LogP contribution is -2.63. The predicted molar refractivity (Wildman–Crippen MR) is 278 cm³/mol. The van der Waals surface area contributed by atoms with E-state index in [9.17, 15) is 59.4 Å². The first-order valence-corrected chi connectivity index (χ1v) is 25.6. The Labute approximate surface area is 466 Å². The van der Waals surface area contributed by atoms with Gasteiger partial charge in [0.25, 0.3) is 5.91 Å². The Morgan fingerprint density at radius 1 is 0.841 bits per heavy atom. The number of carbonyl (C=O) groups excluding carboxylic acids is 4. The maximum Gasteiger partial charge on any atom is 0.407 e. The second-order valence-electron chi connectivity index (χ2n) is 21.2. The Balaban J connectivity index is 1.33. The van der Waals surface area contributed by atoms with Gasteiger partial charge >= 0.3 is 31.1 Å². The number of aliphatic hydroxyl groups is 1. The van der Waals surface area contributed by atoms with Crippen molar-refractivity contribution >= 4 is 41.6 Å². The largest absolute Gasteiger partial charge is 0.453 e. The number of anilines is 1. The number of halogens is 10. The number of carbonyl (C=O) groups is 4. The molecule has 1 aromatic heterocycles.